The summed E-state index contributed by atoms with van der Waals surface area (Å²) in [5.41, 5.74) is 0.0729. The topological polar surface area (TPSA) is 60.4 Å². The molecule has 4 rings (SSSR count). The van der Waals surface area contributed by atoms with Gasteiger partial charge in [0.1, 0.15) is 17.7 Å². The molecule has 138 valence electrons. The Bertz CT molecular complexity index is 625. The number of Topliss-reactive ketones (excluding diaryl/α,β-unsaturated/α-hetero) is 2. The second-order valence-corrected chi connectivity index (χ2v) is 9.57. The van der Waals surface area contributed by atoms with Crippen LogP contribution in [0.2, 0.25) is 0 Å². The van der Waals surface area contributed by atoms with E-state index in [4.69, 9.17) is 4.74 Å². The first-order valence-corrected chi connectivity index (χ1v) is 9.97. The SMILES string of the molecule is CC(=O)O[C@H]1CC[C@H]2[C@@H]3C(=O)C[C@H]4CC(=O)CC[C@]4(C)[C@H]3CC[C@]12C. The molecule has 0 saturated heterocycles. The highest BCUT2D eigenvalue weighted by Gasteiger charge is 2.63. The highest BCUT2D eigenvalue weighted by molar-refractivity contribution is 5.86. The van der Waals surface area contributed by atoms with Gasteiger partial charge < -0.3 is 4.74 Å². The fourth-order valence-corrected chi connectivity index (χ4v) is 7.07. The minimum Gasteiger partial charge on any atom is -0.462 e. The van der Waals surface area contributed by atoms with Crippen LogP contribution in [-0.2, 0) is 19.1 Å². The van der Waals surface area contributed by atoms with Gasteiger partial charge in [-0.1, -0.05) is 13.8 Å². The normalized spacial score (nSPS) is 49.2. The molecular formula is C21H30O4. The fraction of sp³-hybridized carbons (Fsp3) is 0.857. The second-order valence-electron chi connectivity index (χ2n) is 9.57. The van der Waals surface area contributed by atoms with Gasteiger partial charge in [-0.05, 0) is 55.3 Å². The lowest BCUT2D eigenvalue weighted by molar-refractivity contribution is -0.167. The van der Waals surface area contributed by atoms with Crippen LogP contribution in [0.15, 0.2) is 0 Å². The Morgan fingerprint density at radius 2 is 1.72 bits per heavy atom. The Morgan fingerprint density at radius 1 is 1.00 bits per heavy atom. The van der Waals surface area contributed by atoms with Crippen molar-refractivity contribution in [2.24, 2.45) is 34.5 Å². The van der Waals surface area contributed by atoms with Crippen LogP contribution in [0.1, 0.15) is 72.1 Å². The predicted octanol–water partition coefficient (Wildman–Crippen LogP) is 3.71. The molecule has 0 aliphatic heterocycles. The van der Waals surface area contributed by atoms with Gasteiger partial charge in [-0.3, -0.25) is 14.4 Å². The highest BCUT2D eigenvalue weighted by Crippen LogP contribution is 2.65. The molecule has 4 heteroatoms. The third-order valence-electron chi connectivity index (χ3n) is 8.51. The molecule has 4 fully saturated rings. The maximum absolute atomic E-state index is 13.1. The smallest absolute Gasteiger partial charge is 0.302 e. The summed E-state index contributed by atoms with van der Waals surface area (Å²) < 4.78 is 5.65. The van der Waals surface area contributed by atoms with Gasteiger partial charge in [0.05, 0.1) is 0 Å². The highest BCUT2D eigenvalue weighted by atomic mass is 16.5. The summed E-state index contributed by atoms with van der Waals surface area (Å²) in [6.07, 6.45) is 6.70. The molecule has 0 spiro atoms. The van der Waals surface area contributed by atoms with Crippen LogP contribution in [0.5, 0.6) is 0 Å². The molecule has 0 N–H and O–H groups in total. The molecule has 0 heterocycles. The summed E-state index contributed by atoms with van der Waals surface area (Å²) in [5, 5.41) is 0. The Hall–Kier alpha value is -1.19. The minimum absolute atomic E-state index is 0.0396. The number of carbonyl (C=O) groups is 3. The first-order chi connectivity index (χ1) is 11.8. The Labute approximate surface area is 150 Å². The maximum atomic E-state index is 13.1. The van der Waals surface area contributed by atoms with Gasteiger partial charge in [-0.15, -0.1) is 0 Å². The third kappa shape index (κ3) is 2.43. The molecule has 7 atom stereocenters. The molecular weight excluding hydrogens is 316 g/mol. The van der Waals surface area contributed by atoms with Crippen molar-refractivity contribution < 1.29 is 19.1 Å². The van der Waals surface area contributed by atoms with Crippen LogP contribution >= 0.6 is 0 Å². The van der Waals surface area contributed by atoms with Crippen LogP contribution in [0.3, 0.4) is 0 Å². The van der Waals surface area contributed by atoms with Gasteiger partial charge in [0, 0.05) is 37.5 Å². The number of ketones is 2. The van der Waals surface area contributed by atoms with Gasteiger partial charge in [0.2, 0.25) is 0 Å². The summed E-state index contributed by atoms with van der Waals surface area (Å²) >= 11 is 0. The fourth-order valence-electron chi connectivity index (χ4n) is 7.07. The van der Waals surface area contributed by atoms with E-state index in [1.165, 1.54) is 6.92 Å². The molecule has 0 aromatic heterocycles. The van der Waals surface area contributed by atoms with Crippen LogP contribution < -0.4 is 0 Å². The number of fused-ring (bicyclic) bond motifs is 5. The van der Waals surface area contributed by atoms with Gasteiger partial charge in [0.25, 0.3) is 0 Å². The van der Waals surface area contributed by atoms with Crippen molar-refractivity contribution in [2.45, 2.75) is 78.2 Å². The number of ether oxygens (including phenoxy) is 1. The maximum Gasteiger partial charge on any atom is 0.302 e. The van der Waals surface area contributed by atoms with E-state index in [2.05, 4.69) is 13.8 Å². The predicted molar refractivity (Wildman–Crippen MR) is 92.7 cm³/mol. The average Bonchev–Trinajstić information content (AvgIpc) is 2.85. The van der Waals surface area contributed by atoms with Gasteiger partial charge in [-0.2, -0.15) is 0 Å². The van der Waals surface area contributed by atoms with Crippen LogP contribution in [0, 0.1) is 34.5 Å². The largest absolute Gasteiger partial charge is 0.462 e. The Balaban J connectivity index is 1.64. The zero-order valence-corrected chi connectivity index (χ0v) is 15.7. The lowest BCUT2D eigenvalue weighted by Crippen LogP contribution is -2.57. The van der Waals surface area contributed by atoms with Crippen molar-refractivity contribution in [2.75, 3.05) is 0 Å². The number of hydrogen-bond acceptors (Lipinski definition) is 4. The molecule has 4 aliphatic rings. The first kappa shape index (κ1) is 17.2. The number of hydrogen-bond donors (Lipinski definition) is 0. The standard InChI is InChI=1S/C21H30O4/c1-12(22)25-18-5-4-15-19-16(7-9-21(15,18)3)20(2)8-6-14(23)10-13(20)11-17(19)24/h13,15-16,18-19H,4-11H2,1-3H3/t13-,15+,16+,18+,19+,20+,21+/m1/s1. The summed E-state index contributed by atoms with van der Waals surface area (Å²) in [6, 6.07) is 0. The summed E-state index contributed by atoms with van der Waals surface area (Å²) in [7, 11) is 0. The van der Waals surface area contributed by atoms with Crippen molar-refractivity contribution >= 4 is 17.5 Å². The van der Waals surface area contributed by atoms with E-state index in [0.29, 0.717) is 42.7 Å². The molecule has 0 unspecified atom stereocenters. The zero-order chi connectivity index (χ0) is 18.0. The minimum atomic E-state index is -0.207. The monoisotopic (exact) mass is 346 g/mol. The van der Waals surface area contributed by atoms with E-state index < -0.39 is 0 Å². The molecule has 0 bridgehead atoms. The van der Waals surface area contributed by atoms with E-state index in [1.54, 1.807) is 0 Å². The number of esters is 1. The van der Waals surface area contributed by atoms with Gasteiger partial charge in [-0.25, -0.2) is 0 Å². The molecule has 0 aromatic carbocycles. The second kappa shape index (κ2) is 5.65. The summed E-state index contributed by atoms with van der Waals surface area (Å²) in [6.45, 7) is 6.06. The number of rotatable bonds is 1. The quantitative estimate of drug-likeness (QED) is 0.679. The lowest BCUT2D eigenvalue weighted by atomic mass is 9.45. The summed E-state index contributed by atoms with van der Waals surface area (Å²) in [4.78, 5) is 36.6. The van der Waals surface area contributed by atoms with Gasteiger partial charge >= 0.3 is 5.97 Å². The molecule has 0 amide bonds. The van der Waals surface area contributed by atoms with E-state index >= 15 is 0 Å². The third-order valence-corrected chi connectivity index (χ3v) is 8.51. The van der Waals surface area contributed by atoms with Crippen molar-refractivity contribution in [3.05, 3.63) is 0 Å². The van der Waals surface area contributed by atoms with Gasteiger partial charge in [0.15, 0.2) is 0 Å². The van der Waals surface area contributed by atoms with Crippen molar-refractivity contribution in [1.82, 2.24) is 0 Å². The Morgan fingerprint density at radius 3 is 2.44 bits per heavy atom. The molecule has 4 saturated carbocycles. The van der Waals surface area contributed by atoms with Crippen LogP contribution in [0.4, 0.5) is 0 Å². The van der Waals surface area contributed by atoms with Crippen LogP contribution in [-0.4, -0.2) is 23.6 Å². The summed E-state index contributed by atoms with van der Waals surface area (Å²) in [5.74, 6) is 1.60. The lowest BCUT2D eigenvalue weighted by Gasteiger charge is -2.59. The first-order valence-electron chi connectivity index (χ1n) is 9.97. The Kier molecular flexibility index (Phi) is 3.90. The van der Waals surface area contributed by atoms with Crippen molar-refractivity contribution in [1.29, 1.82) is 0 Å². The number of carbonyl (C=O) groups excluding carboxylic acids is 3. The molecule has 0 radical (unpaired) electrons. The van der Waals surface area contributed by atoms with E-state index in [9.17, 15) is 14.4 Å². The van der Waals surface area contributed by atoms with Crippen LogP contribution in [0.25, 0.3) is 0 Å². The molecule has 4 aliphatic carbocycles. The van der Waals surface area contributed by atoms with E-state index in [1.807, 2.05) is 0 Å². The zero-order valence-electron chi connectivity index (χ0n) is 15.7. The van der Waals surface area contributed by atoms with Crippen molar-refractivity contribution in [3.8, 4) is 0 Å². The van der Waals surface area contributed by atoms with Crippen molar-refractivity contribution in [3.63, 3.8) is 0 Å². The molecule has 4 nitrogen and oxygen atoms in total. The van der Waals surface area contributed by atoms with E-state index in [0.717, 1.165) is 32.1 Å². The average molecular weight is 346 g/mol. The molecule has 25 heavy (non-hydrogen) atoms. The van der Waals surface area contributed by atoms with E-state index in [-0.39, 0.29) is 34.7 Å². The molecule has 0 aromatic rings.